The molecule has 0 fully saturated rings. The lowest BCUT2D eigenvalue weighted by atomic mass is 9.83. The predicted octanol–water partition coefficient (Wildman–Crippen LogP) is 14.9. The first kappa shape index (κ1) is 29.7. The average molecular weight is 673 g/mol. The summed E-state index contributed by atoms with van der Waals surface area (Å²) >= 11 is 0. The second-order valence-electron chi connectivity index (χ2n) is 14.0. The fraction of sp³-hybridized carbons (Fsp3) is 0. The predicted molar refractivity (Wildman–Crippen MR) is 225 cm³/mol. The number of hydrogen-bond donors (Lipinski definition) is 0. The first-order chi connectivity index (χ1) is 26.3. The fourth-order valence-electron chi connectivity index (χ4n) is 8.63. The molecule has 11 aromatic rings. The van der Waals surface area contributed by atoms with Crippen LogP contribution in [0.1, 0.15) is 0 Å². The van der Waals surface area contributed by atoms with Crippen LogP contribution in [0.3, 0.4) is 0 Å². The van der Waals surface area contributed by atoms with Crippen LogP contribution in [0.25, 0.3) is 110 Å². The quantitative estimate of drug-likeness (QED) is 0.170. The summed E-state index contributed by atoms with van der Waals surface area (Å²) in [5, 5.41) is 12.2. The van der Waals surface area contributed by atoms with Crippen molar-refractivity contribution in [3.05, 3.63) is 194 Å². The van der Waals surface area contributed by atoms with Crippen LogP contribution in [0.15, 0.2) is 199 Å². The van der Waals surface area contributed by atoms with Gasteiger partial charge in [0.25, 0.3) is 0 Å². The molecule has 0 atom stereocenters. The molecule has 0 unspecified atom stereocenters. The summed E-state index contributed by atoms with van der Waals surface area (Å²) in [4.78, 5) is 0. The highest BCUT2D eigenvalue weighted by molar-refractivity contribution is 6.24. The maximum absolute atomic E-state index is 6.41. The molecule has 246 valence electrons. The fourth-order valence-corrected chi connectivity index (χ4v) is 8.63. The van der Waals surface area contributed by atoms with Crippen molar-refractivity contribution in [3.8, 4) is 44.5 Å². The van der Waals surface area contributed by atoms with Crippen molar-refractivity contribution in [2.24, 2.45) is 0 Å². The van der Waals surface area contributed by atoms with Crippen molar-refractivity contribution in [2.45, 2.75) is 0 Å². The van der Waals surface area contributed by atoms with Gasteiger partial charge < -0.3 is 4.42 Å². The molecule has 0 spiro atoms. The van der Waals surface area contributed by atoms with E-state index >= 15 is 0 Å². The SMILES string of the molecule is c1ccc(-c2ccc(-c3c4ccccc4c(-c4ccc(-c5ccc6oc7c8ccccc8ccc7c6c5)cc4)c4ccccc34)c3ccccc23)cc1. The van der Waals surface area contributed by atoms with Crippen LogP contribution >= 0.6 is 0 Å². The van der Waals surface area contributed by atoms with E-state index in [2.05, 4.69) is 194 Å². The highest BCUT2D eigenvalue weighted by atomic mass is 16.3. The van der Waals surface area contributed by atoms with Gasteiger partial charge in [0.05, 0.1) is 0 Å². The summed E-state index contributed by atoms with van der Waals surface area (Å²) in [5.74, 6) is 0. The van der Waals surface area contributed by atoms with E-state index in [0.29, 0.717) is 0 Å². The number of hydrogen-bond acceptors (Lipinski definition) is 1. The zero-order chi connectivity index (χ0) is 34.9. The smallest absolute Gasteiger partial charge is 0.143 e. The highest BCUT2D eigenvalue weighted by Gasteiger charge is 2.19. The zero-order valence-corrected chi connectivity index (χ0v) is 28.9. The molecule has 1 heteroatoms. The summed E-state index contributed by atoms with van der Waals surface area (Å²) in [7, 11) is 0. The van der Waals surface area contributed by atoms with Gasteiger partial charge in [-0.25, -0.2) is 0 Å². The number of rotatable bonds is 4. The Balaban J connectivity index is 1.07. The Bertz CT molecular complexity index is 3150. The first-order valence-electron chi connectivity index (χ1n) is 18.3. The van der Waals surface area contributed by atoms with Gasteiger partial charge in [0.2, 0.25) is 0 Å². The van der Waals surface area contributed by atoms with E-state index < -0.39 is 0 Å². The minimum atomic E-state index is 0.914. The second kappa shape index (κ2) is 11.8. The van der Waals surface area contributed by atoms with Gasteiger partial charge in [-0.05, 0) is 100 Å². The van der Waals surface area contributed by atoms with Gasteiger partial charge in [0.15, 0.2) is 0 Å². The second-order valence-corrected chi connectivity index (χ2v) is 14.0. The van der Waals surface area contributed by atoms with Gasteiger partial charge in [-0.2, -0.15) is 0 Å². The molecule has 0 N–H and O–H groups in total. The third-order valence-corrected chi connectivity index (χ3v) is 11.1. The van der Waals surface area contributed by atoms with Gasteiger partial charge in [0.1, 0.15) is 11.2 Å². The van der Waals surface area contributed by atoms with Gasteiger partial charge in [-0.3, -0.25) is 0 Å². The van der Waals surface area contributed by atoms with E-state index in [4.69, 9.17) is 4.42 Å². The highest BCUT2D eigenvalue weighted by Crippen LogP contribution is 2.47. The largest absolute Gasteiger partial charge is 0.455 e. The molecule has 11 rings (SSSR count). The molecular formula is C52H32O. The molecule has 1 aromatic heterocycles. The molecule has 0 aliphatic rings. The minimum Gasteiger partial charge on any atom is -0.455 e. The molecule has 0 radical (unpaired) electrons. The van der Waals surface area contributed by atoms with E-state index in [9.17, 15) is 0 Å². The average Bonchev–Trinajstić information content (AvgIpc) is 3.61. The van der Waals surface area contributed by atoms with Gasteiger partial charge in [-0.15, -0.1) is 0 Å². The topological polar surface area (TPSA) is 13.1 Å². The Morgan fingerprint density at radius 3 is 1.49 bits per heavy atom. The normalized spacial score (nSPS) is 11.8. The zero-order valence-electron chi connectivity index (χ0n) is 28.9. The molecule has 53 heavy (non-hydrogen) atoms. The summed E-state index contributed by atoms with van der Waals surface area (Å²) < 4.78 is 6.41. The third kappa shape index (κ3) is 4.64. The molecule has 0 amide bonds. The van der Waals surface area contributed by atoms with Crippen molar-refractivity contribution in [2.75, 3.05) is 0 Å². The van der Waals surface area contributed by atoms with Crippen LogP contribution < -0.4 is 0 Å². The summed E-state index contributed by atoms with van der Waals surface area (Å²) in [5.41, 5.74) is 11.7. The lowest BCUT2D eigenvalue weighted by molar-refractivity contribution is 0.672. The molecule has 1 heterocycles. The monoisotopic (exact) mass is 672 g/mol. The maximum Gasteiger partial charge on any atom is 0.143 e. The lowest BCUT2D eigenvalue weighted by Crippen LogP contribution is -1.92. The summed E-state index contributed by atoms with van der Waals surface area (Å²) in [6.07, 6.45) is 0. The molecule has 0 bridgehead atoms. The molecular weight excluding hydrogens is 641 g/mol. The molecule has 0 saturated heterocycles. The molecule has 10 aromatic carbocycles. The Morgan fingerprint density at radius 2 is 0.792 bits per heavy atom. The van der Waals surface area contributed by atoms with Gasteiger partial charge in [-0.1, -0.05) is 176 Å². The summed E-state index contributed by atoms with van der Waals surface area (Å²) in [6.45, 7) is 0. The number of benzene rings is 10. The lowest BCUT2D eigenvalue weighted by Gasteiger charge is -2.20. The Hall–Kier alpha value is -6.96. The van der Waals surface area contributed by atoms with E-state index in [0.717, 1.165) is 27.3 Å². The van der Waals surface area contributed by atoms with Crippen LogP contribution in [0, 0.1) is 0 Å². The van der Waals surface area contributed by atoms with Gasteiger partial charge >= 0.3 is 0 Å². The van der Waals surface area contributed by atoms with Crippen LogP contribution in [-0.4, -0.2) is 0 Å². The van der Waals surface area contributed by atoms with E-state index in [1.807, 2.05) is 0 Å². The number of fused-ring (bicyclic) bond motifs is 8. The Kier molecular flexibility index (Phi) is 6.62. The van der Waals surface area contributed by atoms with E-state index in [-0.39, 0.29) is 0 Å². The van der Waals surface area contributed by atoms with E-state index in [1.165, 1.54) is 82.2 Å². The summed E-state index contributed by atoms with van der Waals surface area (Å²) in [6, 6.07) is 70.5. The van der Waals surface area contributed by atoms with Crippen LogP contribution in [-0.2, 0) is 0 Å². The first-order valence-corrected chi connectivity index (χ1v) is 18.3. The van der Waals surface area contributed by atoms with Crippen molar-refractivity contribution in [1.82, 2.24) is 0 Å². The molecule has 0 aliphatic heterocycles. The van der Waals surface area contributed by atoms with Crippen molar-refractivity contribution >= 4 is 65.0 Å². The van der Waals surface area contributed by atoms with Crippen LogP contribution in [0.2, 0.25) is 0 Å². The maximum atomic E-state index is 6.41. The molecule has 1 nitrogen and oxygen atoms in total. The van der Waals surface area contributed by atoms with Gasteiger partial charge in [0, 0.05) is 16.2 Å². The molecule has 0 aliphatic carbocycles. The Labute approximate surface area is 307 Å². The van der Waals surface area contributed by atoms with E-state index in [1.54, 1.807) is 0 Å². The Morgan fingerprint density at radius 1 is 0.264 bits per heavy atom. The van der Waals surface area contributed by atoms with Crippen LogP contribution in [0.5, 0.6) is 0 Å². The standard InChI is InChI=1S/C52H32O/c1-2-12-34(13-3-1)38-29-30-46(41-17-7-6-16-40(38)41)51-44-20-10-8-18-42(44)50(43-19-9-11-21-45(43)51)36-24-22-33(23-25-36)37-27-31-49-48(32-37)47-28-26-35-14-4-5-15-39(35)52(47)53-49/h1-32H. The van der Waals surface area contributed by atoms with Crippen LogP contribution in [0.4, 0.5) is 0 Å². The molecule has 0 saturated carbocycles. The van der Waals surface area contributed by atoms with Crippen molar-refractivity contribution in [1.29, 1.82) is 0 Å². The van der Waals surface area contributed by atoms with Crippen molar-refractivity contribution < 1.29 is 4.42 Å². The van der Waals surface area contributed by atoms with Crippen molar-refractivity contribution in [3.63, 3.8) is 0 Å². The third-order valence-electron chi connectivity index (χ3n) is 11.1. The number of furan rings is 1. The minimum absolute atomic E-state index is 0.914.